The molecule has 3 fully saturated rings. The van der Waals surface area contributed by atoms with Gasteiger partial charge in [-0.05, 0) is 94.7 Å². The molecule has 1 N–H and O–H groups in total. The summed E-state index contributed by atoms with van der Waals surface area (Å²) in [4.78, 5) is 21.8. The van der Waals surface area contributed by atoms with Crippen LogP contribution in [-0.2, 0) is 11.3 Å². The normalized spacial score (nSPS) is 26.7. The summed E-state index contributed by atoms with van der Waals surface area (Å²) in [5, 5.41) is 4.72. The summed E-state index contributed by atoms with van der Waals surface area (Å²) in [7, 11) is 0. The van der Waals surface area contributed by atoms with E-state index in [4.69, 9.17) is 32.9 Å². The number of rotatable bonds is 3. The van der Waals surface area contributed by atoms with Crippen LogP contribution in [0.25, 0.3) is 0 Å². The Kier molecular flexibility index (Phi) is 6.66. The van der Waals surface area contributed by atoms with Crippen LogP contribution >= 0.6 is 23.2 Å². The van der Waals surface area contributed by atoms with Crippen molar-refractivity contribution < 1.29 is 9.53 Å². The fourth-order valence-corrected chi connectivity index (χ4v) is 6.09. The van der Waals surface area contributed by atoms with Crippen molar-refractivity contribution in [3.05, 3.63) is 27.7 Å². The number of aliphatic imine (C=N–C) groups is 1. The Morgan fingerprint density at radius 1 is 1.12 bits per heavy atom. The zero-order chi connectivity index (χ0) is 24.0. The number of hydrogen-bond donors (Lipinski definition) is 1. The molecule has 2 aliphatic heterocycles. The van der Waals surface area contributed by atoms with Crippen molar-refractivity contribution in [1.29, 1.82) is 0 Å². The summed E-state index contributed by atoms with van der Waals surface area (Å²) >= 11 is 12.5. The molecule has 6 nitrogen and oxygen atoms in total. The number of anilines is 1. The first-order valence-corrected chi connectivity index (χ1v) is 13.5. The Balaban J connectivity index is 1.27. The number of nitrogens with one attached hydrogen (secondary N) is 1. The minimum atomic E-state index is -0.458. The number of carbonyl (C=O) groups is 1. The Morgan fingerprint density at radius 2 is 1.85 bits per heavy atom. The van der Waals surface area contributed by atoms with Crippen molar-refractivity contribution in [2.75, 3.05) is 25.0 Å². The molecule has 5 rings (SSSR count). The molecule has 0 aromatic heterocycles. The van der Waals surface area contributed by atoms with E-state index in [1.807, 2.05) is 37.8 Å². The molecular weight excluding hydrogens is 471 g/mol. The Morgan fingerprint density at radius 3 is 2.56 bits per heavy atom. The third-order valence-corrected chi connectivity index (χ3v) is 8.46. The molecule has 8 heteroatoms. The van der Waals surface area contributed by atoms with Crippen LogP contribution in [0.5, 0.6) is 0 Å². The molecule has 186 valence electrons. The molecule has 3 atom stereocenters. The molecule has 1 aromatic rings. The van der Waals surface area contributed by atoms with E-state index in [-0.39, 0.29) is 6.09 Å². The number of piperidine rings is 1. The summed E-state index contributed by atoms with van der Waals surface area (Å²) in [6.45, 7) is 8.83. The van der Waals surface area contributed by atoms with E-state index in [1.54, 1.807) is 0 Å². The lowest BCUT2D eigenvalue weighted by Crippen LogP contribution is -2.50. The summed E-state index contributed by atoms with van der Waals surface area (Å²) < 4.78 is 5.58. The van der Waals surface area contributed by atoms with E-state index in [9.17, 15) is 4.79 Å². The molecule has 0 radical (unpaired) electrons. The second-order valence-corrected chi connectivity index (χ2v) is 12.3. The van der Waals surface area contributed by atoms with Crippen LogP contribution in [0, 0.1) is 17.8 Å². The highest BCUT2D eigenvalue weighted by Crippen LogP contribution is 2.50. The Labute approximate surface area is 213 Å². The second-order valence-electron chi connectivity index (χ2n) is 11.5. The van der Waals surface area contributed by atoms with Crippen LogP contribution in [0.1, 0.15) is 64.9 Å². The largest absolute Gasteiger partial charge is 0.444 e. The maximum absolute atomic E-state index is 12.5. The highest BCUT2D eigenvalue weighted by molar-refractivity contribution is 6.42. The first-order chi connectivity index (χ1) is 16.2. The molecule has 1 saturated heterocycles. The van der Waals surface area contributed by atoms with Gasteiger partial charge < -0.3 is 19.9 Å². The van der Waals surface area contributed by atoms with Gasteiger partial charge in [-0.25, -0.2) is 9.79 Å². The van der Waals surface area contributed by atoms with E-state index >= 15 is 0 Å². The minimum absolute atomic E-state index is 0.194. The van der Waals surface area contributed by atoms with Crippen molar-refractivity contribution >= 4 is 40.9 Å². The lowest BCUT2D eigenvalue weighted by Gasteiger charge is -2.41. The molecule has 0 spiro atoms. The topological polar surface area (TPSA) is 57.2 Å². The third-order valence-electron chi connectivity index (χ3n) is 7.74. The van der Waals surface area contributed by atoms with Gasteiger partial charge in [0, 0.05) is 31.4 Å². The number of carbonyl (C=O) groups excluding carboxylic acids is 1. The van der Waals surface area contributed by atoms with Crippen LogP contribution in [0.2, 0.25) is 10.0 Å². The molecule has 1 amide bonds. The second kappa shape index (κ2) is 9.42. The van der Waals surface area contributed by atoms with E-state index in [0.717, 1.165) is 61.5 Å². The van der Waals surface area contributed by atoms with Crippen molar-refractivity contribution in [2.24, 2.45) is 22.7 Å². The van der Waals surface area contributed by atoms with E-state index in [2.05, 4.69) is 10.2 Å². The predicted octanol–water partition coefficient (Wildman–Crippen LogP) is 6.41. The van der Waals surface area contributed by atoms with Crippen LogP contribution in [0.3, 0.4) is 0 Å². The number of hydrogen-bond acceptors (Lipinski definition) is 5. The number of amides is 1. The monoisotopic (exact) mass is 506 g/mol. The van der Waals surface area contributed by atoms with Crippen molar-refractivity contribution in [3.63, 3.8) is 0 Å². The van der Waals surface area contributed by atoms with Crippen LogP contribution < -0.4 is 5.32 Å². The molecule has 1 aromatic carbocycles. The van der Waals surface area contributed by atoms with Gasteiger partial charge >= 0.3 is 6.09 Å². The summed E-state index contributed by atoms with van der Waals surface area (Å²) in [6, 6.07) is 4.35. The maximum Gasteiger partial charge on any atom is 0.410 e. The average Bonchev–Trinajstić information content (AvgIpc) is 3.56. The molecule has 0 bridgehead atoms. The lowest BCUT2D eigenvalue weighted by molar-refractivity contribution is 0.0171. The van der Waals surface area contributed by atoms with Crippen LogP contribution in [0.15, 0.2) is 17.1 Å². The maximum atomic E-state index is 12.5. The highest BCUT2D eigenvalue weighted by Gasteiger charge is 2.44. The van der Waals surface area contributed by atoms with Crippen molar-refractivity contribution in [2.45, 2.75) is 77.5 Å². The molecular formula is C26H36Cl2N4O2. The van der Waals surface area contributed by atoms with Gasteiger partial charge in [-0.2, -0.15) is 0 Å². The SMILES string of the molecule is CC(C)(C)OC(=O)N1CCC(CN(C2=NCc3cc(Cl)c(Cl)cc3N2)C2CCC3CC3C2)CC1. The Hall–Kier alpha value is -1.66. The molecule has 4 aliphatic rings. The number of nitrogens with zero attached hydrogens (tertiary/aromatic N) is 3. The zero-order valence-electron chi connectivity index (χ0n) is 20.4. The van der Waals surface area contributed by atoms with Gasteiger partial charge in [0.25, 0.3) is 0 Å². The fraction of sp³-hybridized carbons (Fsp3) is 0.692. The number of benzene rings is 1. The van der Waals surface area contributed by atoms with E-state index < -0.39 is 5.60 Å². The molecule has 34 heavy (non-hydrogen) atoms. The molecule has 2 saturated carbocycles. The smallest absolute Gasteiger partial charge is 0.410 e. The van der Waals surface area contributed by atoms with Crippen molar-refractivity contribution in [3.8, 4) is 0 Å². The standard InChI is InChI=1S/C26H36Cl2N4O2/c1-26(2,3)34-25(33)31-8-6-16(7-9-31)15-32(20-5-4-17-10-18(17)11-20)24-29-14-19-12-21(27)22(28)13-23(19)30-24/h12-13,16-18,20H,4-11,14-15H2,1-3H3,(H,29,30). The average molecular weight is 508 g/mol. The highest BCUT2D eigenvalue weighted by atomic mass is 35.5. The number of likely N-dealkylation sites (tertiary alicyclic amines) is 1. The quantitative estimate of drug-likeness (QED) is 0.514. The van der Waals surface area contributed by atoms with Gasteiger partial charge in [-0.15, -0.1) is 0 Å². The number of ether oxygens (including phenoxy) is 1. The predicted molar refractivity (Wildman–Crippen MR) is 138 cm³/mol. The van der Waals surface area contributed by atoms with Gasteiger partial charge in [0.1, 0.15) is 5.60 Å². The fourth-order valence-electron chi connectivity index (χ4n) is 5.74. The van der Waals surface area contributed by atoms with Gasteiger partial charge in [-0.1, -0.05) is 23.2 Å². The van der Waals surface area contributed by atoms with Gasteiger partial charge in [0.2, 0.25) is 0 Å². The molecule has 3 unspecified atom stereocenters. The number of fused-ring (bicyclic) bond motifs is 2. The summed E-state index contributed by atoms with van der Waals surface area (Å²) in [5.74, 6) is 3.33. The van der Waals surface area contributed by atoms with Gasteiger partial charge in [-0.3, -0.25) is 0 Å². The molecule has 2 heterocycles. The van der Waals surface area contributed by atoms with Crippen LogP contribution in [-0.4, -0.2) is 53.1 Å². The lowest BCUT2D eigenvalue weighted by atomic mass is 9.91. The minimum Gasteiger partial charge on any atom is -0.444 e. The van der Waals surface area contributed by atoms with Crippen molar-refractivity contribution in [1.82, 2.24) is 9.80 Å². The molecule has 2 aliphatic carbocycles. The number of halogens is 2. The van der Waals surface area contributed by atoms with Gasteiger partial charge in [0.15, 0.2) is 5.96 Å². The summed E-state index contributed by atoms with van der Waals surface area (Å²) in [6.07, 6.45) is 6.99. The van der Waals surface area contributed by atoms with Crippen LogP contribution in [0.4, 0.5) is 10.5 Å². The van der Waals surface area contributed by atoms with E-state index in [1.165, 1.54) is 25.7 Å². The first kappa shape index (κ1) is 24.1. The summed E-state index contributed by atoms with van der Waals surface area (Å²) in [5.41, 5.74) is 1.62. The number of guanidine groups is 1. The Bertz CT molecular complexity index is 968. The van der Waals surface area contributed by atoms with Gasteiger partial charge in [0.05, 0.1) is 16.6 Å². The zero-order valence-corrected chi connectivity index (χ0v) is 22.0. The third kappa shape index (κ3) is 5.43. The first-order valence-electron chi connectivity index (χ1n) is 12.7. The van der Waals surface area contributed by atoms with E-state index in [0.29, 0.717) is 28.5 Å².